The first-order valence-corrected chi connectivity index (χ1v) is 12.2. The molecular formula is C25H23ClN6OS. The Morgan fingerprint density at radius 3 is 2.71 bits per heavy atom. The van der Waals surface area contributed by atoms with Crippen LogP contribution >= 0.6 is 22.9 Å². The summed E-state index contributed by atoms with van der Waals surface area (Å²) in [6, 6.07) is 17.3. The summed E-state index contributed by atoms with van der Waals surface area (Å²) in [6.07, 6.45) is 0.900. The molecule has 0 saturated heterocycles. The number of aliphatic imine (C=N–C) groups is 1. The number of carbonyl (C=O) groups excluding carboxylic acids is 1. The molecule has 0 fully saturated rings. The van der Waals surface area contributed by atoms with Crippen molar-refractivity contribution in [1.82, 2.24) is 20.1 Å². The molecular weight excluding hydrogens is 468 g/mol. The largest absolute Gasteiger partial charge is 0.331 e. The van der Waals surface area contributed by atoms with E-state index in [9.17, 15) is 4.79 Å². The van der Waals surface area contributed by atoms with E-state index in [0.29, 0.717) is 17.4 Å². The zero-order chi connectivity index (χ0) is 23.7. The Hall–Kier alpha value is -3.49. The summed E-state index contributed by atoms with van der Waals surface area (Å²) in [5.74, 6) is 1.38. The van der Waals surface area contributed by atoms with Gasteiger partial charge in [0.25, 0.3) is 0 Å². The molecule has 0 spiro atoms. The van der Waals surface area contributed by atoms with Crippen LogP contribution in [0.25, 0.3) is 5.00 Å². The molecule has 0 atom stereocenters. The minimum atomic E-state index is -0.297. The predicted octanol–water partition coefficient (Wildman–Crippen LogP) is 5.53. The lowest BCUT2D eigenvalue weighted by Gasteiger charge is -2.11. The van der Waals surface area contributed by atoms with Crippen molar-refractivity contribution in [3.8, 4) is 5.00 Å². The number of amides is 2. The Morgan fingerprint density at radius 2 is 1.91 bits per heavy atom. The Bertz CT molecular complexity index is 1410. The van der Waals surface area contributed by atoms with Gasteiger partial charge in [0.1, 0.15) is 11.5 Å². The van der Waals surface area contributed by atoms with Gasteiger partial charge in [-0.05, 0) is 37.1 Å². The van der Waals surface area contributed by atoms with Gasteiger partial charge in [0, 0.05) is 26.7 Å². The highest BCUT2D eigenvalue weighted by molar-refractivity contribution is 7.15. The summed E-state index contributed by atoms with van der Waals surface area (Å²) in [7, 11) is 0. The van der Waals surface area contributed by atoms with Crippen LogP contribution in [0.3, 0.4) is 0 Å². The van der Waals surface area contributed by atoms with Crippen LogP contribution in [0.15, 0.2) is 59.6 Å². The number of nitrogens with one attached hydrogen (secondary N) is 2. The first kappa shape index (κ1) is 22.3. The van der Waals surface area contributed by atoms with Gasteiger partial charge in [-0.3, -0.25) is 9.56 Å². The fourth-order valence-electron chi connectivity index (χ4n) is 3.90. The molecule has 4 aromatic rings. The van der Waals surface area contributed by atoms with E-state index in [1.807, 2.05) is 60.0 Å². The number of anilines is 1. The molecule has 9 heteroatoms. The molecule has 7 nitrogen and oxygen atoms in total. The second kappa shape index (κ2) is 9.40. The summed E-state index contributed by atoms with van der Waals surface area (Å²) >= 11 is 8.21. The molecule has 2 aromatic carbocycles. The van der Waals surface area contributed by atoms with Crippen molar-refractivity contribution in [2.75, 3.05) is 5.32 Å². The van der Waals surface area contributed by atoms with Gasteiger partial charge in [0.05, 0.1) is 12.3 Å². The molecule has 1 aliphatic heterocycles. The molecule has 1 aliphatic rings. The highest BCUT2D eigenvalue weighted by Gasteiger charge is 2.26. The van der Waals surface area contributed by atoms with Gasteiger partial charge in [-0.25, -0.2) is 4.79 Å². The van der Waals surface area contributed by atoms with E-state index < -0.39 is 0 Å². The average molecular weight is 491 g/mol. The number of rotatable bonds is 5. The first-order valence-electron chi connectivity index (χ1n) is 11.0. The topological polar surface area (TPSA) is 84.2 Å². The maximum Gasteiger partial charge on any atom is 0.319 e. The number of carbonyl (C=O) groups is 1. The normalized spacial score (nSPS) is 12.4. The molecule has 2 amide bonds. The molecule has 0 bridgehead atoms. The minimum absolute atomic E-state index is 0.227. The van der Waals surface area contributed by atoms with Crippen molar-refractivity contribution in [3.05, 3.63) is 92.8 Å². The van der Waals surface area contributed by atoms with Crippen LogP contribution in [0.4, 0.5) is 10.5 Å². The minimum Gasteiger partial charge on any atom is -0.331 e. The average Bonchev–Trinajstić information content (AvgIpc) is 3.41. The number of hydrogen-bond acceptors (Lipinski definition) is 5. The molecule has 0 aliphatic carbocycles. The number of nitrogens with zero attached hydrogens (tertiary/aromatic N) is 4. The molecule has 2 N–H and O–H groups in total. The van der Waals surface area contributed by atoms with Crippen LogP contribution in [0.1, 0.15) is 40.1 Å². The van der Waals surface area contributed by atoms with E-state index in [2.05, 4.69) is 33.8 Å². The third-order valence-corrected chi connectivity index (χ3v) is 7.27. The monoisotopic (exact) mass is 490 g/mol. The number of urea groups is 1. The fraction of sp³-hybridized carbons (Fsp3) is 0.200. The summed E-state index contributed by atoms with van der Waals surface area (Å²) in [6.45, 7) is 4.67. The zero-order valence-corrected chi connectivity index (χ0v) is 20.4. The number of fused-ring (bicyclic) bond motifs is 3. The van der Waals surface area contributed by atoms with Crippen LogP contribution in [-0.4, -0.2) is 26.5 Å². The van der Waals surface area contributed by atoms with Crippen molar-refractivity contribution in [2.24, 2.45) is 4.99 Å². The van der Waals surface area contributed by atoms with Crippen molar-refractivity contribution < 1.29 is 4.79 Å². The number of aromatic nitrogens is 3. The first-order chi connectivity index (χ1) is 16.5. The van der Waals surface area contributed by atoms with Crippen molar-refractivity contribution in [3.63, 3.8) is 0 Å². The highest BCUT2D eigenvalue weighted by Crippen LogP contribution is 2.34. The Labute approximate surface area is 206 Å². The second-order valence-corrected chi connectivity index (χ2v) is 9.44. The lowest BCUT2D eigenvalue weighted by Crippen LogP contribution is -2.29. The second-order valence-electron chi connectivity index (χ2n) is 7.92. The van der Waals surface area contributed by atoms with Gasteiger partial charge < -0.3 is 10.6 Å². The number of benzene rings is 2. The lowest BCUT2D eigenvalue weighted by molar-refractivity contribution is 0.251. The van der Waals surface area contributed by atoms with E-state index in [0.717, 1.165) is 45.3 Å². The van der Waals surface area contributed by atoms with Gasteiger partial charge >= 0.3 is 6.03 Å². The molecule has 2 aromatic heterocycles. The van der Waals surface area contributed by atoms with Gasteiger partial charge in [0.2, 0.25) is 0 Å². The smallest absolute Gasteiger partial charge is 0.319 e. The molecule has 0 radical (unpaired) electrons. The maximum atomic E-state index is 12.6. The SMILES string of the molecule is CCc1cc2c(s1)-n1c(nnc1CNC(=O)Nc1ccccc1C)CN=C2c1ccccc1Cl. The van der Waals surface area contributed by atoms with Gasteiger partial charge in [-0.2, -0.15) is 0 Å². The maximum absolute atomic E-state index is 12.6. The predicted molar refractivity (Wildman–Crippen MR) is 136 cm³/mol. The van der Waals surface area contributed by atoms with Gasteiger partial charge in [-0.15, -0.1) is 21.5 Å². The third-order valence-electron chi connectivity index (χ3n) is 5.68. The van der Waals surface area contributed by atoms with Crippen molar-refractivity contribution >= 4 is 40.4 Å². The lowest BCUT2D eigenvalue weighted by atomic mass is 10.0. The Balaban J connectivity index is 1.46. The summed E-state index contributed by atoms with van der Waals surface area (Å²) in [5.41, 5.74) is 4.50. The number of aryl methyl sites for hydroxylation is 2. The van der Waals surface area contributed by atoms with E-state index >= 15 is 0 Å². The molecule has 0 unspecified atom stereocenters. The quantitative estimate of drug-likeness (QED) is 0.386. The molecule has 3 heterocycles. The molecule has 172 valence electrons. The van der Waals surface area contributed by atoms with Gasteiger partial charge in [-0.1, -0.05) is 54.9 Å². The van der Waals surface area contributed by atoms with E-state index in [1.165, 1.54) is 4.88 Å². The Morgan fingerprint density at radius 1 is 1.12 bits per heavy atom. The Kier molecular flexibility index (Phi) is 6.17. The number of thiophene rings is 1. The fourth-order valence-corrected chi connectivity index (χ4v) is 5.27. The van der Waals surface area contributed by atoms with Crippen LogP contribution < -0.4 is 10.6 Å². The van der Waals surface area contributed by atoms with E-state index in [-0.39, 0.29) is 12.6 Å². The number of halogens is 1. The number of hydrogen-bond donors (Lipinski definition) is 2. The van der Waals surface area contributed by atoms with Gasteiger partial charge in [0.15, 0.2) is 11.6 Å². The van der Waals surface area contributed by atoms with E-state index in [4.69, 9.17) is 16.6 Å². The van der Waals surface area contributed by atoms with Crippen LogP contribution in [0.2, 0.25) is 5.02 Å². The highest BCUT2D eigenvalue weighted by atomic mass is 35.5. The van der Waals surface area contributed by atoms with Crippen LogP contribution in [-0.2, 0) is 19.5 Å². The van der Waals surface area contributed by atoms with Crippen molar-refractivity contribution in [2.45, 2.75) is 33.4 Å². The zero-order valence-electron chi connectivity index (χ0n) is 18.8. The summed E-state index contributed by atoms with van der Waals surface area (Å²) in [5, 5.41) is 16.2. The standard InChI is InChI=1S/C25H23ClN6OS/c1-3-16-12-18-23(17-9-5-6-10-19(17)26)27-13-21-30-31-22(32(21)24(18)34-16)14-28-25(33)29-20-11-7-4-8-15(20)2/h4-12H,3,13-14H2,1-2H3,(H2,28,29,33). The molecule has 5 rings (SSSR count). The van der Waals surface area contributed by atoms with Crippen LogP contribution in [0.5, 0.6) is 0 Å². The molecule has 34 heavy (non-hydrogen) atoms. The number of para-hydroxylation sites is 1. The van der Waals surface area contributed by atoms with Crippen molar-refractivity contribution in [1.29, 1.82) is 0 Å². The van der Waals surface area contributed by atoms with E-state index in [1.54, 1.807) is 11.3 Å². The van der Waals surface area contributed by atoms with Crippen LogP contribution in [0, 0.1) is 6.92 Å². The summed E-state index contributed by atoms with van der Waals surface area (Å²) in [4.78, 5) is 18.7. The summed E-state index contributed by atoms with van der Waals surface area (Å²) < 4.78 is 2.01. The molecule has 0 saturated carbocycles. The third kappa shape index (κ3) is 4.22.